The van der Waals surface area contributed by atoms with Gasteiger partial charge in [-0.05, 0) is 18.8 Å². The van der Waals surface area contributed by atoms with Crippen LogP contribution in [0.2, 0.25) is 0 Å². The quantitative estimate of drug-likeness (QED) is 0.0688. The van der Waals surface area contributed by atoms with Gasteiger partial charge in [-0.1, -0.05) is 213 Å². The summed E-state index contributed by atoms with van der Waals surface area (Å²) in [6.45, 7) is 6.91. The summed E-state index contributed by atoms with van der Waals surface area (Å²) in [7, 11) is 0. The van der Waals surface area contributed by atoms with Crippen molar-refractivity contribution in [3.8, 4) is 0 Å². The molecule has 0 atom stereocenters. The van der Waals surface area contributed by atoms with Crippen LogP contribution in [-0.4, -0.2) is 22.2 Å². The van der Waals surface area contributed by atoms with Crippen molar-refractivity contribution < 1.29 is 19.8 Å². The Bertz CT molecular complexity index is 560. The lowest BCUT2D eigenvalue weighted by molar-refractivity contribution is -0.138. The summed E-state index contributed by atoms with van der Waals surface area (Å²) in [4.78, 5) is 20.7. The van der Waals surface area contributed by atoms with E-state index in [0.29, 0.717) is 12.8 Å². The molecule has 0 unspecified atom stereocenters. The molecule has 0 aromatic heterocycles. The van der Waals surface area contributed by atoms with Crippen LogP contribution >= 0.6 is 0 Å². The van der Waals surface area contributed by atoms with Gasteiger partial charge in [-0.25, -0.2) is 0 Å². The van der Waals surface area contributed by atoms with Gasteiger partial charge < -0.3 is 10.2 Å². The highest BCUT2D eigenvalue weighted by Crippen LogP contribution is 2.16. The average molecular weight is 625 g/mol. The molecule has 0 aliphatic heterocycles. The first-order valence-corrected chi connectivity index (χ1v) is 19.8. The molecule has 0 radical (unpaired) electrons. The summed E-state index contributed by atoms with van der Waals surface area (Å²) in [6, 6.07) is 0. The van der Waals surface area contributed by atoms with E-state index in [4.69, 9.17) is 10.2 Å². The van der Waals surface area contributed by atoms with Crippen molar-refractivity contribution in [2.75, 3.05) is 0 Å². The molecule has 0 aromatic rings. The smallest absolute Gasteiger partial charge is 0.303 e. The zero-order valence-corrected chi connectivity index (χ0v) is 30.3. The SMILES string of the molecule is CC(C)CCCCCCCCCCCCCCCCCCCCCCC(=O)O.CCCCCCCCCCCCCC(=O)O. The molecule has 0 fully saturated rings. The van der Waals surface area contributed by atoms with E-state index in [2.05, 4.69) is 20.8 Å². The maximum Gasteiger partial charge on any atom is 0.303 e. The second kappa shape index (κ2) is 40.0. The molecular formula is C40H80O4. The highest BCUT2D eigenvalue weighted by atomic mass is 16.4. The maximum atomic E-state index is 10.4. The van der Waals surface area contributed by atoms with Crippen molar-refractivity contribution >= 4 is 11.9 Å². The molecule has 0 saturated heterocycles. The van der Waals surface area contributed by atoms with E-state index in [-0.39, 0.29) is 0 Å². The van der Waals surface area contributed by atoms with Crippen LogP contribution in [0.4, 0.5) is 0 Å². The summed E-state index contributed by atoms with van der Waals surface area (Å²) in [5.74, 6) is -0.424. The van der Waals surface area contributed by atoms with Crippen LogP contribution in [0, 0.1) is 5.92 Å². The fourth-order valence-electron chi connectivity index (χ4n) is 5.95. The van der Waals surface area contributed by atoms with Gasteiger partial charge in [-0.3, -0.25) is 9.59 Å². The van der Waals surface area contributed by atoms with Crippen molar-refractivity contribution in [1.29, 1.82) is 0 Å². The highest BCUT2D eigenvalue weighted by molar-refractivity contribution is 5.66. The third-order valence-corrected chi connectivity index (χ3v) is 8.92. The molecule has 0 saturated carbocycles. The van der Waals surface area contributed by atoms with Crippen LogP contribution in [0.25, 0.3) is 0 Å². The number of hydrogen-bond acceptors (Lipinski definition) is 2. The highest BCUT2D eigenvalue weighted by Gasteiger charge is 1.99. The van der Waals surface area contributed by atoms with Crippen LogP contribution in [0.1, 0.15) is 239 Å². The molecule has 0 aliphatic carbocycles. The minimum absolute atomic E-state index is 0.344. The Labute approximate surface area is 276 Å². The summed E-state index contributed by atoms with van der Waals surface area (Å²) in [6.07, 6.45) is 43.5. The lowest BCUT2D eigenvalue weighted by Gasteiger charge is -2.05. The van der Waals surface area contributed by atoms with Crippen molar-refractivity contribution in [1.82, 2.24) is 0 Å². The van der Waals surface area contributed by atoms with Crippen LogP contribution < -0.4 is 0 Å². The molecule has 0 heterocycles. The van der Waals surface area contributed by atoms with Gasteiger partial charge in [0.15, 0.2) is 0 Å². The number of hydrogen-bond donors (Lipinski definition) is 2. The predicted molar refractivity (Wildman–Crippen MR) is 193 cm³/mol. The van der Waals surface area contributed by atoms with Crippen molar-refractivity contribution in [2.24, 2.45) is 5.92 Å². The molecule has 0 bridgehead atoms. The molecule has 0 amide bonds. The Balaban J connectivity index is 0. The first-order chi connectivity index (χ1) is 21.4. The molecule has 264 valence electrons. The Kier molecular flexibility index (Phi) is 40.9. The number of unbranched alkanes of at least 4 members (excludes halogenated alkanes) is 29. The molecule has 0 aromatic carbocycles. The number of carboxylic acids is 2. The summed E-state index contributed by atoms with van der Waals surface area (Å²) in [5.41, 5.74) is 0. The number of carbonyl (C=O) groups is 2. The Morgan fingerprint density at radius 1 is 0.364 bits per heavy atom. The zero-order valence-electron chi connectivity index (χ0n) is 30.3. The monoisotopic (exact) mass is 625 g/mol. The van der Waals surface area contributed by atoms with Gasteiger partial charge in [-0.2, -0.15) is 0 Å². The summed E-state index contributed by atoms with van der Waals surface area (Å²) >= 11 is 0. The second-order valence-electron chi connectivity index (χ2n) is 14.1. The number of carboxylic acid groups (broad SMARTS) is 2. The van der Waals surface area contributed by atoms with Gasteiger partial charge in [0.05, 0.1) is 0 Å². The third-order valence-electron chi connectivity index (χ3n) is 8.92. The molecule has 0 rings (SSSR count). The maximum absolute atomic E-state index is 10.4. The van der Waals surface area contributed by atoms with E-state index in [1.807, 2.05) is 0 Å². The topological polar surface area (TPSA) is 74.6 Å². The van der Waals surface area contributed by atoms with Crippen LogP contribution in [-0.2, 0) is 9.59 Å². The second-order valence-corrected chi connectivity index (χ2v) is 14.1. The van der Waals surface area contributed by atoms with Crippen molar-refractivity contribution in [2.45, 2.75) is 239 Å². The molecular weight excluding hydrogens is 544 g/mol. The standard InChI is InChI=1S/C26H52O2.C14H28O2/c1-25(2)23-21-19-17-15-13-11-9-7-5-3-4-6-8-10-12-14-16-18-20-22-24-26(27)28;1-2-3-4-5-6-7-8-9-10-11-12-13-14(15)16/h25H,3-24H2,1-2H3,(H,27,28);2-13H2,1H3,(H,15,16). The first-order valence-electron chi connectivity index (χ1n) is 19.8. The van der Waals surface area contributed by atoms with Gasteiger partial charge in [-0.15, -0.1) is 0 Å². The Hall–Kier alpha value is -1.06. The van der Waals surface area contributed by atoms with Gasteiger partial charge in [0, 0.05) is 12.8 Å². The van der Waals surface area contributed by atoms with Crippen molar-refractivity contribution in [3.63, 3.8) is 0 Å². The normalized spacial score (nSPS) is 11.1. The van der Waals surface area contributed by atoms with Crippen LogP contribution in [0.3, 0.4) is 0 Å². The van der Waals surface area contributed by atoms with E-state index < -0.39 is 11.9 Å². The van der Waals surface area contributed by atoms with Gasteiger partial charge in [0.25, 0.3) is 0 Å². The molecule has 44 heavy (non-hydrogen) atoms. The van der Waals surface area contributed by atoms with E-state index in [9.17, 15) is 9.59 Å². The minimum atomic E-state index is -0.657. The predicted octanol–water partition coefficient (Wildman–Crippen LogP) is 14.1. The molecule has 4 nitrogen and oxygen atoms in total. The van der Waals surface area contributed by atoms with Gasteiger partial charge in [0.1, 0.15) is 0 Å². The molecule has 0 spiro atoms. The number of aliphatic carboxylic acids is 2. The Morgan fingerprint density at radius 2 is 0.568 bits per heavy atom. The largest absolute Gasteiger partial charge is 0.481 e. The average Bonchev–Trinajstić information content (AvgIpc) is 2.98. The molecule has 0 aliphatic rings. The molecule has 2 N–H and O–H groups in total. The first kappa shape index (κ1) is 45.1. The van der Waals surface area contributed by atoms with Gasteiger partial charge in [0.2, 0.25) is 0 Å². The fraction of sp³-hybridized carbons (Fsp3) is 0.950. The van der Waals surface area contributed by atoms with Crippen molar-refractivity contribution in [3.05, 3.63) is 0 Å². The lowest BCUT2D eigenvalue weighted by atomic mass is 10.0. The third kappa shape index (κ3) is 47.9. The van der Waals surface area contributed by atoms with E-state index >= 15 is 0 Å². The fourth-order valence-corrected chi connectivity index (χ4v) is 5.95. The van der Waals surface area contributed by atoms with E-state index in [1.165, 1.54) is 180 Å². The van der Waals surface area contributed by atoms with E-state index in [1.54, 1.807) is 0 Å². The van der Waals surface area contributed by atoms with Crippen LogP contribution in [0.15, 0.2) is 0 Å². The lowest BCUT2D eigenvalue weighted by Crippen LogP contribution is -1.93. The zero-order chi connectivity index (χ0) is 32.8. The Morgan fingerprint density at radius 3 is 0.773 bits per heavy atom. The number of rotatable bonds is 35. The summed E-state index contributed by atoms with van der Waals surface area (Å²) in [5, 5.41) is 17.0. The van der Waals surface area contributed by atoms with Crippen LogP contribution in [0.5, 0.6) is 0 Å². The van der Waals surface area contributed by atoms with Gasteiger partial charge >= 0.3 is 11.9 Å². The minimum Gasteiger partial charge on any atom is -0.481 e. The van der Waals surface area contributed by atoms with E-state index in [0.717, 1.165) is 31.6 Å². The summed E-state index contributed by atoms with van der Waals surface area (Å²) < 4.78 is 0. The molecule has 4 heteroatoms.